The molecule has 1 aliphatic rings. The van der Waals surface area contributed by atoms with Gasteiger partial charge >= 0.3 is 17.1 Å². The van der Waals surface area contributed by atoms with Crippen molar-refractivity contribution in [2.24, 2.45) is 0 Å². The van der Waals surface area contributed by atoms with E-state index in [0.29, 0.717) is 0 Å². The van der Waals surface area contributed by atoms with Crippen LogP contribution >= 0.6 is 22.6 Å². The topological polar surface area (TPSA) is 0 Å². The van der Waals surface area contributed by atoms with Gasteiger partial charge in [0.25, 0.3) is 0 Å². The Morgan fingerprint density at radius 2 is 1.50 bits per heavy atom. The van der Waals surface area contributed by atoms with Crippen LogP contribution in [-0.2, 0) is 17.1 Å². The van der Waals surface area contributed by atoms with Gasteiger partial charge in [0.15, 0.2) is 0 Å². The molecule has 1 aromatic carbocycles. The van der Waals surface area contributed by atoms with Crippen molar-refractivity contribution in [2.45, 2.75) is 0 Å². The Hall–Kier alpha value is -0.0505. The van der Waals surface area contributed by atoms with Crippen molar-refractivity contribution in [1.82, 2.24) is 0 Å². The van der Waals surface area contributed by atoms with Crippen molar-refractivity contribution >= 4 is 22.6 Å². The minimum Gasteiger partial charge on any atom is -0.214 e. The SMILES string of the molecule is I[c-]1cccc1.[C-]1C=CC=C1.[Fe+2]. The molecule has 1 radical (unpaired) electrons. The second-order valence-corrected chi connectivity index (χ2v) is 3.23. The second-order valence-electron chi connectivity index (χ2n) is 1.99. The molecule has 0 saturated heterocycles. The molecule has 0 N–H and O–H groups in total. The molecule has 63 valence electrons. The zero-order chi connectivity index (χ0) is 7.94. The number of rotatable bonds is 0. The molecule has 0 fully saturated rings. The fourth-order valence-corrected chi connectivity index (χ4v) is 1.04. The van der Waals surface area contributed by atoms with Crippen molar-refractivity contribution in [2.75, 3.05) is 0 Å². The molecular weight excluding hydrogens is 303 g/mol. The quantitative estimate of drug-likeness (QED) is 0.392. The number of halogens is 1. The van der Waals surface area contributed by atoms with Crippen molar-refractivity contribution in [3.63, 3.8) is 0 Å². The zero-order valence-electron chi connectivity index (χ0n) is 6.35. The predicted octanol–water partition coefficient (Wildman–Crippen LogP) is 3.20. The van der Waals surface area contributed by atoms with Crippen molar-refractivity contribution in [3.8, 4) is 0 Å². The van der Waals surface area contributed by atoms with E-state index in [1.54, 1.807) is 0 Å². The molecule has 12 heavy (non-hydrogen) atoms. The Bertz CT molecular complexity index is 224. The molecule has 0 spiro atoms. The second kappa shape index (κ2) is 7.59. The molecule has 2 rings (SSSR count). The first-order valence-corrected chi connectivity index (χ1v) is 4.42. The van der Waals surface area contributed by atoms with Crippen LogP contribution in [0.25, 0.3) is 0 Å². The Kier molecular flexibility index (Phi) is 7.56. The van der Waals surface area contributed by atoms with Crippen LogP contribution in [-0.4, -0.2) is 0 Å². The van der Waals surface area contributed by atoms with Crippen LogP contribution in [0.1, 0.15) is 0 Å². The standard InChI is InChI=1S/C5H4I.C5H4.Fe/c6-5-3-1-2-4-5;1-2-4-5-3-1;/h1-4H;1-4H;/q2*-1;+2. The molecule has 0 aliphatic heterocycles. The maximum Gasteiger partial charge on any atom is 2.00 e. The van der Waals surface area contributed by atoms with E-state index in [4.69, 9.17) is 0 Å². The van der Waals surface area contributed by atoms with E-state index in [1.807, 2.05) is 36.4 Å². The van der Waals surface area contributed by atoms with Gasteiger partial charge in [-0.05, 0) is 0 Å². The Balaban J connectivity index is 0.000000189. The van der Waals surface area contributed by atoms with Crippen LogP contribution in [0.4, 0.5) is 0 Å². The molecule has 0 bridgehead atoms. The summed E-state index contributed by atoms with van der Waals surface area (Å²) >= 11 is 2.28. The summed E-state index contributed by atoms with van der Waals surface area (Å²) in [5, 5.41) is 0. The van der Waals surface area contributed by atoms with Crippen LogP contribution in [0.2, 0.25) is 0 Å². The maximum atomic E-state index is 2.86. The smallest absolute Gasteiger partial charge is 0.214 e. The summed E-state index contributed by atoms with van der Waals surface area (Å²) in [6.45, 7) is 0. The van der Waals surface area contributed by atoms with Crippen LogP contribution in [0.15, 0.2) is 48.6 Å². The largest absolute Gasteiger partial charge is 2.00 e. The third-order valence-electron chi connectivity index (χ3n) is 1.12. The number of allylic oxidation sites excluding steroid dienone is 4. The van der Waals surface area contributed by atoms with E-state index in [1.165, 1.54) is 3.57 Å². The van der Waals surface area contributed by atoms with Crippen LogP contribution in [0.5, 0.6) is 0 Å². The number of hydrogen-bond donors (Lipinski definition) is 0. The van der Waals surface area contributed by atoms with Gasteiger partial charge in [-0.25, -0.2) is 24.3 Å². The van der Waals surface area contributed by atoms with Gasteiger partial charge in [0.05, 0.1) is 0 Å². The van der Waals surface area contributed by atoms with Gasteiger partial charge in [-0.1, -0.05) is 3.57 Å². The first kappa shape index (κ1) is 11.9. The molecule has 0 nitrogen and oxygen atoms in total. The molecule has 0 heterocycles. The van der Waals surface area contributed by atoms with E-state index >= 15 is 0 Å². The summed E-state index contributed by atoms with van der Waals surface area (Å²) < 4.78 is 1.31. The fourth-order valence-electron chi connectivity index (χ4n) is 0.628. The van der Waals surface area contributed by atoms with E-state index < -0.39 is 0 Å². The minimum absolute atomic E-state index is 0. The monoisotopic (exact) mass is 311 g/mol. The van der Waals surface area contributed by atoms with Gasteiger partial charge in [-0.2, -0.15) is 30.7 Å². The molecule has 0 amide bonds. The maximum absolute atomic E-state index is 2.86. The van der Waals surface area contributed by atoms with Gasteiger partial charge in [-0.3, -0.25) is 0 Å². The van der Waals surface area contributed by atoms with Gasteiger partial charge in [0, 0.05) is 0 Å². The molecule has 0 saturated carbocycles. The molecular formula is C10H8FeI. The summed E-state index contributed by atoms with van der Waals surface area (Å²) in [4.78, 5) is 0. The molecule has 1 aliphatic carbocycles. The van der Waals surface area contributed by atoms with E-state index in [0.717, 1.165) is 0 Å². The van der Waals surface area contributed by atoms with Gasteiger partial charge in [0.2, 0.25) is 0 Å². The zero-order valence-corrected chi connectivity index (χ0v) is 9.61. The van der Waals surface area contributed by atoms with Gasteiger partial charge in [0.1, 0.15) is 0 Å². The fraction of sp³-hybridized carbons (Fsp3) is 0. The van der Waals surface area contributed by atoms with Crippen molar-refractivity contribution < 1.29 is 17.1 Å². The summed E-state index contributed by atoms with van der Waals surface area (Å²) in [6.07, 6.45) is 10.5. The average molecular weight is 311 g/mol. The molecule has 2 heteroatoms. The number of hydrogen-bond acceptors (Lipinski definition) is 0. The summed E-state index contributed by atoms with van der Waals surface area (Å²) in [5.41, 5.74) is 0. The molecule has 1 aromatic rings. The average Bonchev–Trinajstić information content (AvgIpc) is 2.57. The van der Waals surface area contributed by atoms with Gasteiger partial charge in [-0.15, -0.1) is 22.6 Å². The summed E-state index contributed by atoms with van der Waals surface area (Å²) in [6, 6.07) is 8.20. The third kappa shape index (κ3) is 5.58. The van der Waals surface area contributed by atoms with Crippen LogP contribution < -0.4 is 0 Å². The van der Waals surface area contributed by atoms with E-state index in [-0.39, 0.29) is 17.1 Å². The first-order valence-electron chi connectivity index (χ1n) is 3.34. The van der Waals surface area contributed by atoms with Crippen LogP contribution in [0.3, 0.4) is 0 Å². The van der Waals surface area contributed by atoms with Crippen LogP contribution in [0, 0.1) is 9.99 Å². The first-order chi connectivity index (χ1) is 5.39. The predicted molar refractivity (Wildman–Crippen MR) is 56.3 cm³/mol. The molecule has 0 unspecified atom stereocenters. The van der Waals surface area contributed by atoms with Crippen molar-refractivity contribution in [3.05, 3.63) is 58.6 Å². The summed E-state index contributed by atoms with van der Waals surface area (Å²) in [7, 11) is 0. The van der Waals surface area contributed by atoms with Crippen molar-refractivity contribution in [1.29, 1.82) is 0 Å². The molecule has 0 aromatic heterocycles. The van der Waals surface area contributed by atoms with Gasteiger partial charge < -0.3 is 0 Å². The Morgan fingerprint density at radius 1 is 1.00 bits per heavy atom. The van der Waals surface area contributed by atoms with E-state index in [2.05, 4.69) is 41.1 Å². The molecule has 0 atom stereocenters. The summed E-state index contributed by atoms with van der Waals surface area (Å²) in [5.74, 6) is 0. The minimum atomic E-state index is 0. The third-order valence-corrected chi connectivity index (χ3v) is 1.84. The normalized spacial score (nSPS) is 11.1. The van der Waals surface area contributed by atoms with E-state index in [9.17, 15) is 0 Å². The Morgan fingerprint density at radius 3 is 1.67 bits per heavy atom. The Labute approximate surface area is 97.7 Å².